The van der Waals surface area contributed by atoms with Crippen molar-refractivity contribution >= 4 is 52.5 Å². The molecule has 0 bridgehead atoms. The first-order valence-electron chi connectivity index (χ1n) is 9.42. The Bertz CT molecular complexity index is 1170. The molecule has 1 amide bonds. The fourth-order valence-corrected chi connectivity index (χ4v) is 3.62. The number of nitriles is 1. The zero-order valence-corrected chi connectivity index (χ0v) is 19.1. The van der Waals surface area contributed by atoms with Crippen LogP contribution in [0.5, 0.6) is 11.5 Å². The number of furan rings is 1. The first-order chi connectivity index (χ1) is 15.4. The second kappa shape index (κ2) is 11.0. The smallest absolute Gasteiger partial charge is 0.266 e. The minimum absolute atomic E-state index is 0.0325. The molecule has 0 aliphatic heterocycles. The van der Waals surface area contributed by atoms with Gasteiger partial charge >= 0.3 is 0 Å². The number of benzene rings is 2. The van der Waals surface area contributed by atoms with Crippen LogP contribution >= 0.6 is 34.8 Å². The number of carbonyl (C=O) groups is 1. The van der Waals surface area contributed by atoms with Gasteiger partial charge < -0.3 is 19.2 Å². The Labute approximate surface area is 199 Å². The van der Waals surface area contributed by atoms with Crippen molar-refractivity contribution < 1.29 is 18.7 Å². The quantitative estimate of drug-likeness (QED) is 0.278. The summed E-state index contributed by atoms with van der Waals surface area (Å²) < 4.78 is 16.7. The van der Waals surface area contributed by atoms with Crippen molar-refractivity contribution in [2.45, 2.75) is 13.5 Å². The molecule has 1 N–H and O–H groups in total. The summed E-state index contributed by atoms with van der Waals surface area (Å²) in [6, 6.07) is 15.1. The Morgan fingerprint density at radius 1 is 1.12 bits per heavy atom. The molecular formula is C23H17Cl3N2O4. The van der Waals surface area contributed by atoms with E-state index in [0.717, 1.165) is 0 Å². The van der Waals surface area contributed by atoms with Gasteiger partial charge in [-0.15, -0.1) is 0 Å². The molecule has 6 nitrogen and oxygen atoms in total. The Kier molecular flexibility index (Phi) is 8.07. The maximum absolute atomic E-state index is 12.6. The van der Waals surface area contributed by atoms with Gasteiger partial charge in [-0.2, -0.15) is 5.26 Å². The Balaban J connectivity index is 1.70. The van der Waals surface area contributed by atoms with Crippen LogP contribution in [0.1, 0.15) is 18.4 Å². The highest BCUT2D eigenvalue weighted by Gasteiger charge is 2.14. The van der Waals surface area contributed by atoms with E-state index < -0.39 is 5.91 Å². The van der Waals surface area contributed by atoms with Crippen LogP contribution in [0.3, 0.4) is 0 Å². The minimum Gasteiger partial charge on any atom is -0.492 e. The molecule has 1 aromatic heterocycles. The number of ether oxygens (including phenoxy) is 2. The van der Waals surface area contributed by atoms with Gasteiger partial charge in [-0.25, -0.2) is 0 Å². The Morgan fingerprint density at radius 2 is 1.84 bits per heavy atom. The number of anilines is 1. The highest BCUT2D eigenvalue weighted by Crippen LogP contribution is 2.36. The predicted molar refractivity (Wildman–Crippen MR) is 124 cm³/mol. The van der Waals surface area contributed by atoms with Gasteiger partial charge in [0.2, 0.25) is 0 Å². The number of nitrogens with zero attached hydrogens (tertiary/aromatic N) is 1. The molecule has 3 rings (SSSR count). The molecule has 0 unspecified atom stereocenters. The number of rotatable bonds is 8. The summed E-state index contributed by atoms with van der Waals surface area (Å²) in [6.07, 6.45) is 1.34. The second-order valence-corrected chi connectivity index (χ2v) is 7.60. The third kappa shape index (κ3) is 5.98. The first-order valence-corrected chi connectivity index (χ1v) is 10.6. The zero-order valence-electron chi connectivity index (χ0n) is 16.8. The maximum atomic E-state index is 12.6. The van der Waals surface area contributed by atoms with Crippen LogP contribution < -0.4 is 14.8 Å². The Morgan fingerprint density at radius 3 is 2.53 bits per heavy atom. The van der Waals surface area contributed by atoms with Crippen molar-refractivity contribution in [1.29, 1.82) is 5.26 Å². The standard InChI is InChI=1S/C23H17Cl3N2O4/c1-2-30-21-6-4-3-5-20(21)28-23(29)14(12-27)9-16-7-8-17(32-16)13-31-22-18(25)10-15(24)11-19(22)26/h3-11H,2,13H2,1H3,(H,28,29)/b14-9-. The van der Waals surface area contributed by atoms with E-state index in [1.165, 1.54) is 18.2 Å². The van der Waals surface area contributed by atoms with Gasteiger partial charge in [0.05, 0.1) is 22.3 Å². The normalized spacial score (nSPS) is 11.0. The lowest BCUT2D eigenvalue weighted by atomic mass is 10.2. The van der Waals surface area contributed by atoms with E-state index in [1.807, 2.05) is 13.0 Å². The maximum Gasteiger partial charge on any atom is 0.266 e. The van der Waals surface area contributed by atoms with E-state index in [2.05, 4.69) is 5.32 Å². The topological polar surface area (TPSA) is 84.5 Å². The molecule has 0 atom stereocenters. The summed E-state index contributed by atoms with van der Waals surface area (Å²) >= 11 is 18.1. The molecule has 1 heterocycles. The van der Waals surface area contributed by atoms with E-state index in [1.54, 1.807) is 36.4 Å². The number of hydrogen-bond donors (Lipinski definition) is 1. The molecule has 0 aliphatic rings. The second-order valence-electron chi connectivity index (χ2n) is 6.34. The summed E-state index contributed by atoms with van der Waals surface area (Å²) in [5, 5.41) is 13.0. The van der Waals surface area contributed by atoms with Crippen molar-refractivity contribution in [2.24, 2.45) is 0 Å². The Hall–Kier alpha value is -3.11. The average molecular weight is 492 g/mol. The lowest BCUT2D eigenvalue weighted by Gasteiger charge is -2.10. The third-order valence-corrected chi connectivity index (χ3v) is 4.87. The van der Waals surface area contributed by atoms with Gasteiger partial charge in [0.25, 0.3) is 5.91 Å². The van der Waals surface area contributed by atoms with Gasteiger partial charge in [0.1, 0.15) is 35.5 Å². The summed E-state index contributed by atoms with van der Waals surface area (Å²) in [4.78, 5) is 12.6. The summed E-state index contributed by atoms with van der Waals surface area (Å²) in [6.45, 7) is 2.31. The first kappa shape index (κ1) is 23.6. The van der Waals surface area contributed by atoms with Crippen molar-refractivity contribution in [2.75, 3.05) is 11.9 Å². The molecule has 9 heteroatoms. The highest BCUT2D eigenvalue weighted by atomic mass is 35.5. The number of hydrogen-bond acceptors (Lipinski definition) is 5. The monoisotopic (exact) mass is 490 g/mol. The van der Waals surface area contributed by atoms with E-state index in [-0.39, 0.29) is 28.0 Å². The molecule has 0 spiro atoms. The van der Waals surface area contributed by atoms with Gasteiger partial charge in [0, 0.05) is 11.1 Å². The molecular weight excluding hydrogens is 475 g/mol. The molecule has 0 aliphatic carbocycles. The molecule has 3 aromatic rings. The van der Waals surface area contributed by atoms with E-state index in [9.17, 15) is 10.1 Å². The fraction of sp³-hybridized carbons (Fsp3) is 0.130. The van der Waals surface area contributed by atoms with Gasteiger partial charge in [-0.05, 0) is 43.3 Å². The molecule has 164 valence electrons. The van der Waals surface area contributed by atoms with Crippen molar-refractivity contribution in [3.63, 3.8) is 0 Å². The van der Waals surface area contributed by atoms with E-state index in [0.29, 0.717) is 34.6 Å². The van der Waals surface area contributed by atoms with Crippen molar-refractivity contribution in [3.8, 4) is 17.6 Å². The zero-order chi connectivity index (χ0) is 23.1. The largest absolute Gasteiger partial charge is 0.492 e. The fourth-order valence-electron chi connectivity index (χ4n) is 2.69. The van der Waals surface area contributed by atoms with Crippen molar-refractivity contribution in [1.82, 2.24) is 0 Å². The van der Waals surface area contributed by atoms with Crippen molar-refractivity contribution in [3.05, 3.63) is 80.7 Å². The lowest BCUT2D eigenvalue weighted by molar-refractivity contribution is -0.112. The van der Waals surface area contributed by atoms with Gasteiger partial charge in [0.15, 0.2) is 5.75 Å². The molecule has 0 radical (unpaired) electrons. The number of carbonyl (C=O) groups excluding carboxylic acids is 1. The van der Waals surface area contributed by atoms with Gasteiger partial charge in [-0.1, -0.05) is 46.9 Å². The van der Waals surface area contributed by atoms with Crippen LogP contribution in [0.2, 0.25) is 15.1 Å². The number of para-hydroxylation sites is 2. The summed E-state index contributed by atoms with van der Waals surface area (Å²) in [7, 11) is 0. The third-order valence-electron chi connectivity index (χ3n) is 4.09. The molecule has 2 aromatic carbocycles. The average Bonchev–Trinajstić information content (AvgIpc) is 3.20. The molecule has 0 fully saturated rings. The molecule has 0 saturated heterocycles. The van der Waals surface area contributed by atoms with Crippen LogP contribution in [0, 0.1) is 11.3 Å². The van der Waals surface area contributed by atoms with Crippen LogP contribution in [-0.2, 0) is 11.4 Å². The number of amides is 1. The predicted octanol–water partition coefficient (Wildman–Crippen LogP) is 6.76. The lowest BCUT2D eigenvalue weighted by Crippen LogP contribution is -2.14. The molecule has 0 saturated carbocycles. The minimum atomic E-state index is -0.589. The van der Waals surface area contributed by atoms with Crippen LogP contribution in [0.4, 0.5) is 5.69 Å². The summed E-state index contributed by atoms with van der Waals surface area (Å²) in [5.74, 6) is 0.946. The number of halogens is 3. The van der Waals surface area contributed by atoms with Gasteiger partial charge in [-0.3, -0.25) is 4.79 Å². The van der Waals surface area contributed by atoms with E-state index in [4.69, 9.17) is 48.7 Å². The highest BCUT2D eigenvalue weighted by molar-refractivity contribution is 6.40. The number of nitrogens with one attached hydrogen (secondary N) is 1. The van der Waals surface area contributed by atoms with Crippen LogP contribution in [-0.4, -0.2) is 12.5 Å². The SMILES string of the molecule is CCOc1ccccc1NC(=O)/C(C#N)=C\c1ccc(COc2c(Cl)cc(Cl)cc2Cl)o1. The van der Waals surface area contributed by atoms with Crippen LogP contribution in [0.15, 0.2) is 58.5 Å². The molecule has 32 heavy (non-hydrogen) atoms. The summed E-state index contributed by atoms with van der Waals surface area (Å²) in [5.41, 5.74) is 0.327. The van der Waals surface area contributed by atoms with E-state index >= 15 is 0 Å². The van der Waals surface area contributed by atoms with Crippen LogP contribution in [0.25, 0.3) is 6.08 Å².